The third kappa shape index (κ3) is 2.63. The van der Waals surface area contributed by atoms with Gasteiger partial charge in [0.1, 0.15) is 0 Å². The Hall–Kier alpha value is -2.39. The van der Waals surface area contributed by atoms with E-state index in [9.17, 15) is 14.7 Å². The van der Waals surface area contributed by atoms with Crippen LogP contribution in [0.3, 0.4) is 0 Å². The molecule has 0 atom stereocenters. The summed E-state index contributed by atoms with van der Waals surface area (Å²) in [6.45, 7) is -0.0408. The quantitative estimate of drug-likeness (QED) is 0.681. The number of rotatable bonds is 3. The van der Waals surface area contributed by atoms with Gasteiger partial charge in [0.15, 0.2) is 11.5 Å². The predicted octanol–water partition coefficient (Wildman–Crippen LogP) is 2.07. The topological polar surface area (TPSA) is 66.8 Å². The first-order valence-electron chi connectivity index (χ1n) is 5.62. The second kappa shape index (κ2) is 5.72. The number of ether oxygens (including phenoxy) is 1. The second-order valence-electron chi connectivity index (χ2n) is 3.90. The highest BCUT2D eigenvalue weighted by Gasteiger charge is 2.34. The summed E-state index contributed by atoms with van der Waals surface area (Å²) in [4.78, 5) is 24.9. The van der Waals surface area contributed by atoms with Gasteiger partial charge < -0.3 is 9.84 Å². The number of methoxy groups -OCH3 is 1. The molecule has 0 saturated carbocycles. The van der Waals surface area contributed by atoms with Crippen LogP contribution in [-0.2, 0) is 4.79 Å². The fourth-order valence-corrected chi connectivity index (χ4v) is 2.50. The maximum Gasteiger partial charge on any atom is 0.294 e. The zero-order valence-electron chi connectivity index (χ0n) is 10.6. The molecular formula is C14H11NO4S. The monoisotopic (exact) mass is 289 g/mol. The van der Waals surface area contributed by atoms with Crippen molar-refractivity contribution in [1.29, 1.82) is 0 Å². The highest BCUT2D eigenvalue weighted by atomic mass is 32.2. The van der Waals surface area contributed by atoms with Crippen molar-refractivity contribution in [1.82, 2.24) is 4.90 Å². The average Bonchev–Trinajstić information content (AvgIpc) is 2.69. The summed E-state index contributed by atoms with van der Waals surface area (Å²) in [6.07, 6.45) is 6.68. The van der Waals surface area contributed by atoms with E-state index < -0.39 is 5.91 Å². The largest absolute Gasteiger partial charge is 0.504 e. The first-order valence-corrected chi connectivity index (χ1v) is 6.44. The molecule has 5 nitrogen and oxygen atoms in total. The van der Waals surface area contributed by atoms with Crippen LogP contribution < -0.4 is 4.74 Å². The molecule has 1 N–H and O–H groups in total. The summed E-state index contributed by atoms with van der Waals surface area (Å²) in [6, 6.07) is 4.65. The number of benzene rings is 1. The molecule has 1 aromatic rings. The van der Waals surface area contributed by atoms with Gasteiger partial charge >= 0.3 is 0 Å². The molecule has 0 spiro atoms. The number of aromatic hydroxyl groups is 1. The maximum atomic E-state index is 12.0. The number of hydrogen-bond donors (Lipinski definition) is 1. The van der Waals surface area contributed by atoms with Gasteiger partial charge in [0.05, 0.1) is 18.6 Å². The van der Waals surface area contributed by atoms with Gasteiger partial charge in [-0.25, -0.2) is 0 Å². The van der Waals surface area contributed by atoms with Gasteiger partial charge in [-0.3, -0.25) is 14.5 Å². The Labute approximate surface area is 120 Å². The molecule has 1 aromatic carbocycles. The average molecular weight is 289 g/mol. The van der Waals surface area contributed by atoms with E-state index in [2.05, 4.69) is 5.92 Å². The lowest BCUT2D eigenvalue weighted by molar-refractivity contribution is -0.122. The van der Waals surface area contributed by atoms with Crippen LogP contribution in [0, 0.1) is 12.3 Å². The van der Waals surface area contributed by atoms with Crippen molar-refractivity contribution in [3.63, 3.8) is 0 Å². The minimum absolute atomic E-state index is 0.00471. The Morgan fingerprint density at radius 1 is 1.50 bits per heavy atom. The van der Waals surface area contributed by atoms with Crippen molar-refractivity contribution in [3.05, 3.63) is 28.7 Å². The summed E-state index contributed by atoms with van der Waals surface area (Å²) in [5, 5.41) is 9.12. The van der Waals surface area contributed by atoms with E-state index in [-0.39, 0.29) is 22.4 Å². The fraction of sp³-hybridized carbons (Fsp3) is 0.143. The van der Waals surface area contributed by atoms with Crippen LogP contribution in [0.2, 0.25) is 0 Å². The van der Waals surface area contributed by atoms with Gasteiger partial charge in [-0.15, -0.1) is 6.42 Å². The summed E-state index contributed by atoms with van der Waals surface area (Å²) < 4.78 is 4.98. The van der Waals surface area contributed by atoms with Crippen LogP contribution in [0.1, 0.15) is 5.56 Å². The van der Waals surface area contributed by atoms with Gasteiger partial charge in [-0.1, -0.05) is 12.0 Å². The molecule has 0 bridgehead atoms. The standard InChI is InChI=1S/C14H11NO4S/c1-3-6-15-13(17)12(20-14(15)18)8-9-4-5-10(16)11(7-9)19-2/h1,4-5,7-8,16H,6H2,2H3/b12-8+. The molecule has 1 aliphatic heterocycles. The predicted molar refractivity (Wildman–Crippen MR) is 76.2 cm³/mol. The first-order chi connectivity index (χ1) is 9.56. The van der Waals surface area contributed by atoms with E-state index >= 15 is 0 Å². The van der Waals surface area contributed by atoms with Crippen LogP contribution in [-0.4, -0.2) is 34.8 Å². The van der Waals surface area contributed by atoms with E-state index in [0.717, 1.165) is 16.7 Å². The Kier molecular flexibility index (Phi) is 4.01. The number of carbonyl (C=O) groups is 2. The van der Waals surface area contributed by atoms with Crippen LogP contribution in [0.4, 0.5) is 4.79 Å². The Morgan fingerprint density at radius 3 is 2.90 bits per heavy atom. The van der Waals surface area contributed by atoms with E-state index in [1.54, 1.807) is 18.2 Å². The van der Waals surface area contributed by atoms with Crippen molar-refractivity contribution < 1.29 is 19.4 Å². The molecule has 0 radical (unpaired) electrons. The van der Waals surface area contributed by atoms with Crippen LogP contribution >= 0.6 is 11.8 Å². The van der Waals surface area contributed by atoms with Gasteiger partial charge in [-0.2, -0.15) is 0 Å². The number of thioether (sulfide) groups is 1. The third-order valence-corrected chi connectivity index (χ3v) is 3.53. The maximum absolute atomic E-state index is 12.0. The highest BCUT2D eigenvalue weighted by molar-refractivity contribution is 8.18. The van der Waals surface area contributed by atoms with E-state index in [1.807, 2.05) is 0 Å². The Morgan fingerprint density at radius 2 is 2.25 bits per heavy atom. The Bertz CT molecular complexity index is 645. The number of nitrogens with zero attached hydrogens (tertiary/aromatic N) is 1. The van der Waals surface area contributed by atoms with E-state index in [1.165, 1.54) is 13.2 Å². The Balaban J connectivity index is 2.31. The van der Waals surface area contributed by atoms with Gasteiger partial charge in [-0.05, 0) is 35.5 Å². The smallest absolute Gasteiger partial charge is 0.294 e. The first kappa shape index (κ1) is 14.0. The van der Waals surface area contributed by atoms with Gasteiger partial charge in [0.2, 0.25) is 0 Å². The molecule has 2 amide bonds. The van der Waals surface area contributed by atoms with E-state index in [4.69, 9.17) is 11.2 Å². The van der Waals surface area contributed by atoms with Gasteiger partial charge in [0, 0.05) is 0 Å². The summed E-state index contributed by atoms with van der Waals surface area (Å²) in [5.74, 6) is 2.16. The van der Waals surface area contributed by atoms with Crippen LogP contribution in [0.25, 0.3) is 6.08 Å². The van der Waals surface area contributed by atoms with Crippen molar-refractivity contribution in [3.8, 4) is 23.8 Å². The molecule has 0 aromatic heterocycles. The number of imide groups is 1. The molecule has 6 heteroatoms. The SMILES string of the molecule is C#CCN1C(=O)S/C(=C/c2ccc(O)c(OC)c2)C1=O. The van der Waals surface area contributed by atoms with Crippen LogP contribution in [0.5, 0.6) is 11.5 Å². The molecule has 1 fully saturated rings. The molecule has 20 heavy (non-hydrogen) atoms. The molecule has 1 saturated heterocycles. The van der Waals surface area contributed by atoms with Crippen molar-refractivity contribution in [2.24, 2.45) is 0 Å². The lowest BCUT2D eigenvalue weighted by Gasteiger charge is -2.06. The normalized spacial score (nSPS) is 16.6. The molecule has 1 heterocycles. The number of carbonyl (C=O) groups excluding carboxylic acids is 2. The van der Waals surface area contributed by atoms with Gasteiger partial charge in [0.25, 0.3) is 11.1 Å². The van der Waals surface area contributed by atoms with E-state index in [0.29, 0.717) is 11.3 Å². The molecule has 2 rings (SSSR count). The molecule has 0 unspecified atom stereocenters. The summed E-state index contributed by atoms with van der Waals surface area (Å²) in [5.41, 5.74) is 0.644. The third-order valence-electron chi connectivity index (χ3n) is 2.62. The minimum atomic E-state index is -0.412. The lowest BCUT2D eigenvalue weighted by atomic mass is 10.2. The molecule has 0 aliphatic carbocycles. The summed E-state index contributed by atoms with van der Waals surface area (Å²) in [7, 11) is 1.43. The van der Waals surface area contributed by atoms with Crippen molar-refractivity contribution in [2.75, 3.05) is 13.7 Å². The zero-order valence-corrected chi connectivity index (χ0v) is 11.4. The summed E-state index contributed by atoms with van der Waals surface area (Å²) >= 11 is 0.834. The number of phenols is 1. The van der Waals surface area contributed by atoms with Crippen LogP contribution in [0.15, 0.2) is 23.1 Å². The lowest BCUT2D eigenvalue weighted by Crippen LogP contribution is -2.28. The number of amides is 2. The van der Waals surface area contributed by atoms with Crippen molar-refractivity contribution >= 4 is 29.0 Å². The molecule has 1 aliphatic rings. The van der Waals surface area contributed by atoms with Crippen molar-refractivity contribution in [2.45, 2.75) is 0 Å². The number of terminal acetylenes is 1. The fourth-order valence-electron chi connectivity index (χ4n) is 1.66. The molecular weight excluding hydrogens is 278 g/mol. The highest BCUT2D eigenvalue weighted by Crippen LogP contribution is 2.33. The number of hydrogen-bond acceptors (Lipinski definition) is 5. The minimum Gasteiger partial charge on any atom is -0.504 e. The zero-order chi connectivity index (χ0) is 14.7. The molecule has 102 valence electrons. The number of phenolic OH excluding ortho intramolecular Hbond substituents is 1. The second-order valence-corrected chi connectivity index (χ2v) is 4.90.